The fourth-order valence-corrected chi connectivity index (χ4v) is 1.71. The van der Waals surface area contributed by atoms with Gasteiger partial charge in [0.2, 0.25) is 0 Å². The van der Waals surface area contributed by atoms with Crippen LogP contribution in [-0.4, -0.2) is 32.8 Å². The first-order valence-electron chi connectivity index (χ1n) is 6.84. The molecule has 0 aliphatic carbocycles. The van der Waals surface area contributed by atoms with Gasteiger partial charge in [-0.15, -0.1) is 0 Å². The number of methoxy groups -OCH3 is 1. The van der Waals surface area contributed by atoms with Gasteiger partial charge in [-0.2, -0.15) is 0 Å². The molecule has 0 heterocycles. The van der Waals surface area contributed by atoms with Gasteiger partial charge >= 0.3 is 0 Å². The Morgan fingerprint density at radius 1 is 1.35 bits per heavy atom. The average molecular weight is 280 g/mol. The maximum atomic E-state index is 12.0. The number of benzene rings is 1. The molecule has 0 spiro atoms. The van der Waals surface area contributed by atoms with Crippen LogP contribution in [-0.2, 0) is 4.74 Å². The minimum absolute atomic E-state index is 0.207. The van der Waals surface area contributed by atoms with Crippen LogP contribution in [0.25, 0.3) is 0 Å². The first-order chi connectivity index (χ1) is 9.56. The van der Waals surface area contributed by atoms with E-state index >= 15 is 0 Å². The molecule has 0 saturated carbocycles. The number of nitrogen functional groups attached to an aromatic ring is 1. The predicted molar refractivity (Wildman–Crippen MR) is 80.0 cm³/mol. The van der Waals surface area contributed by atoms with Gasteiger partial charge in [-0.25, -0.2) is 0 Å². The van der Waals surface area contributed by atoms with Crippen molar-refractivity contribution < 1.29 is 14.3 Å². The van der Waals surface area contributed by atoms with Gasteiger partial charge in [-0.3, -0.25) is 4.79 Å². The zero-order valence-corrected chi connectivity index (χ0v) is 12.4. The zero-order chi connectivity index (χ0) is 15.0. The van der Waals surface area contributed by atoms with Gasteiger partial charge in [0.1, 0.15) is 0 Å². The van der Waals surface area contributed by atoms with Gasteiger partial charge in [-0.1, -0.05) is 19.9 Å². The molecular weight excluding hydrogens is 256 g/mol. The van der Waals surface area contributed by atoms with E-state index in [0.29, 0.717) is 36.1 Å². The number of amides is 1. The number of carbonyl (C=O) groups excluding carboxylic acids is 1. The van der Waals surface area contributed by atoms with Crippen molar-refractivity contribution in [3.8, 4) is 5.75 Å². The Balaban J connectivity index is 2.38. The van der Waals surface area contributed by atoms with Crippen LogP contribution in [0, 0.1) is 5.92 Å². The molecule has 0 bridgehead atoms. The molecule has 0 saturated heterocycles. The van der Waals surface area contributed by atoms with Crippen molar-refractivity contribution in [1.82, 2.24) is 5.32 Å². The summed E-state index contributed by atoms with van der Waals surface area (Å²) in [6.07, 6.45) is 1.02. The van der Waals surface area contributed by atoms with Gasteiger partial charge in [0.15, 0.2) is 5.75 Å². The number of para-hydroxylation sites is 1. The second-order valence-electron chi connectivity index (χ2n) is 4.98. The molecule has 1 aromatic carbocycles. The first-order valence-corrected chi connectivity index (χ1v) is 6.84. The van der Waals surface area contributed by atoms with Crippen LogP contribution >= 0.6 is 0 Å². The minimum Gasteiger partial charge on any atom is -0.494 e. The van der Waals surface area contributed by atoms with Crippen molar-refractivity contribution in [2.24, 2.45) is 5.92 Å². The van der Waals surface area contributed by atoms with Crippen LogP contribution in [0.5, 0.6) is 5.75 Å². The van der Waals surface area contributed by atoms with Crippen molar-refractivity contribution in [1.29, 1.82) is 0 Å². The van der Waals surface area contributed by atoms with E-state index < -0.39 is 0 Å². The summed E-state index contributed by atoms with van der Waals surface area (Å²) in [7, 11) is 1.50. The lowest BCUT2D eigenvalue weighted by Gasteiger charge is -2.11. The standard InChI is InChI=1S/C15H24N2O3/c1-11(2)7-9-20-10-8-17-15(18)12-5-4-6-13(16)14(12)19-3/h4-6,11H,7-10,16H2,1-3H3,(H,17,18). The molecule has 0 radical (unpaired) electrons. The number of rotatable bonds is 8. The highest BCUT2D eigenvalue weighted by molar-refractivity contribution is 5.98. The lowest BCUT2D eigenvalue weighted by molar-refractivity contribution is 0.0903. The fourth-order valence-electron chi connectivity index (χ4n) is 1.71. The predicted octanol–water partition coefficient (Wildman–Crippen LogP) is 2.07. The van der Waals surface area contributed by atoms with E-state index in [1.165, 1.54) is 7.11 Å². The molecule has 0 aromatic heterocycles. The van der Waals surface area contributed by atoms with Gasteiger partial charge in [-0.05, 0) is 24.5 Å². The number of hydrogen-bond donors (Lipinski definition) is 2. The topological polar surface area (TPSA) is 73.6 Å². The number of ether oxygens (including phenoxy) is 2. The quantitative estimate of drug-likeness (QED) is 0.565. The Hall–Kier alpha value is -1.75. The van der Waals surface area contributed by atoms with Crippen LogP contribution in [0.4, 0.5) is 5.69 Å². The second-order valence-corrected chi connectivity index (χ2v) is 4.98. The molecule has 1 rings (SSSR count). The van der Waals surface area contributed by atoms with Gasteiger partial charge in [0, 0.05) is 13.2 Å². The maximum Gasteiger partial charge on any atom is 0.255 e. The third-order valence-electron chi connectivity index (χ3n) is 2.87. The average Bonchev–Trinajstić information content (AvgIpc) is 2.41. The van der Waals surface area contributed by atoms with E-state index in [9.17, 15) is 4.79 Å². The van der Waals surface area contributed by atoms with E-state index in [1.807, 2.05) is 0 Å². The smallest absolute Gasteiger partial charge is 0.255 e. The normalized spacial score (nSPS) is 10.6. The summed E-state index contributed by atoms with van der Waals surface area (Å²) < 4.78 is 10.6. The molecule has 3 N–H and O–H groups in total. The van der Waals surface area contributed by atoms with Crippen molar-refractivity contribution in [2.45, 2.75) is 20.3 Å². The SMILES string of the molecule is COc1c(N)cccc1C(=O)NCCOCCC(C)C. The lowest BCUT2D eigenvalue weighted by Crippen LogP contribution is -2.28. The lowest BCUT2D eigenvalue weighted by atomic mass is 10.1. The molecule has 112 valence electrons. The number of hydrogen-bond acceptors (Lipinski definition) is 4. The third kappa shape index (κ3) is 5.09. The largest absolute Gasteiger partial charge is 0.494 e. The summed E-state index contributed by atoms with van der Waals surface area (Å²) in [4.78, 5) is 12.0. The molecule has 1 amide bonds. The monoisotopic (exact) mass is 280 g/mol. The molecule has 5 heteroatoms. The molecule has 5 nitrogen and oxygen atoms in total. The first kappa shape index (κ1) is 16.3. The Bertz CT molecular complexity index is 433. The molecule has 20 heavy (non-hydrogen) atoms. The molecule has 0 aliphatic rings. The summed E-state index contributed by atoms with van der Waals surface area (Å²) in [6, 6.07) is 5.11. The summed E-state index contributed by atoms with van der Waals surface area (Å²) in [5.74, 6) is 0.827. The number of nitrogens with one attached hydrogen (secondary N) is 1. The molecule has 0 fully saturated rings. The van der Waals surface area contributed by atoms with Gasteiger partial charge < -0.3 is 20.5 Å². The molecular formula is C15H24N2O3. The number of nitrogens with two attached hydrogens (primary N) is 1. The Morgan fingerprint density at radius 2 is 2.10 bits per heavy atom. The van der Waals surface area contributed by atoms with Crippen molar-refractivity contribution in [3.05, 3.63) is 23.8 Å². The van der Waals surface area contributed by atoms with Gasteiger partial charge in [0.25, 0.3) is 5.91 Å². The third-order valence-corrected chi connectivity index (χ3v) is 2.87. The molecule has 0 unspecified atom stereocenters. The van der Waals surface area contributed by atoms with E-state index in [-0.39, 0.29) is 5.91 Å². The zero-order valence-electron chi connectivity index (χ0n) is 12.4. The highest BCUT2D eigenvalue weighted by Crippen LogP contribution is 2.25. The van der Waals surface area contributed by atoms with Crippen LogP contribution in [0.1, 0.15) is 30.6 Å². The molecule has 0 atom stereocenters. The minimum atomic E-state index is -0.207. The highest BCUT2D eigenvalue weighted by Gasteiger charge is 2.13. The van der Waals surface area contributed by atoms with Crippen molar-refractivity contribution in [3.63, 3.8) is 0 Å². The van der Waals surface area contributed by atoms with E-state index in [1.54, 1.807) is 18.2 Å². The Labute approximate surface area is 120 Å². The van der Waals surface area contributed by atoms with Crippen LogP contribution in [0.3, 0.4) is 0 Å². The second kappa shape index (κ2) is 8.43. The summed E-state index contributed by atoms with van der Waals surface area (Å²) >= 11 is 0. The fraction of sp³-hybridized carbons (Fsp3) is 0.533. The van der Waals surface area contributed by atoms with Crippen molar-refractivity contribution in [2.75, 3.05) is 32.6 Å². The van der Waals surface area contributed by atoms with Crippen molar-refractivity contribution >= 4 is 11.6 Å². The van der Waals surface area contributed by atoms with E-state index in [2.05, 4.69) is 19.2 Å². The maximum absolute atomic E-state index is 12.0. The summed E-state index contributed by atoms with van der Waals surface area (Å²) in [5.41, 5.74) is 6.65. The van der Waals surface area contributed by atoms with Gasteiger partial charge in [0.05, 0.1) is 25.0 Å². The summed E-state index contributed by atoms with van der Waals surface area (Å²) in [6.45, 7) is 5.99. The van der Waals surface area contributed by atoms with Crippen LogP contribution in [0.15, 0.2) is 18.2 Å². The Kier molecular flexibility index (Phi) is 6.87. The number of anilines is 1. The highest BCUT2D eigenvalue weighted by atomic mass is 16.5. The molecule has 1 aromatic rings. The molecule has 0 aliphatic heterocycles. The van der Waals surface area contributed by atoms with Crippen LogP contribution < -0.4 is 15.8 Å². The van der Waals surface area contributed by atoms with Crippen LogP contribution in [0.2, 0.25) is 0 Å². The van der Waals surface area contributed by atoms with E-state index in [0.717, 1.165) is 13.0 Å². The Morgan fingerprint density at radius 3 is 2.75 bits per heavy atom. The number of carbonyl (C=O) groups is 1. The summed E-state index contributed by atoms with van der Waals surface area (Å²) in [5, 5.41) is 2.79. The van der Waals surface area contributed by atoms with E-state index in [4.69, 9.17) is 15.2 Å².